The number of benzene rings is 1. The van der Waals surface area contributed by atoms with Crippen LogP contribution in [0.15, 0.2) is 29.3 Å². The molecule has 0 fully saturated rings. The Kier molecular flexibility index (Phi) is 6.88. The van der Waals surface area contributed by atoms with Crippen molar-refractivity contribution in [2.75, 3.05) is 33.8 Å². The molecule has 0 bridgehead atoms. The number of aliphatic imine (C=N–C) groups is 1. The number of nitrogens with zero attached hydrogens (tertiary/aromatic N) is 2. The maximum atomic E-state index is 5.99. The van der Waals surface area contributed by atoms with Gasteiger partial charge >= 0.3 is 0 Å². The smallest absolute Gasteiger partial charge is 0.193 e. The van der Waals surface area contributed by atoms with Crippen molar-refractivity contribution in [3.05, 3.63) is 34.9 Å². The lowest BCUT2D eigenvalue weighted by Gasteiger charge is -2.20. The van der Waals surface area contributed by atoms with Gasteiger partial charge in [0.25, 0.3) is 0 Å². The summed E-state index contributed by atoms with van der Waals surface area (Å²) in [6.45, 7) is 2.50. The molecule has 1 aliphatic heterocycles. The maximum absolute atomic E-state index is 5.99. The van der Waals surface area contributed by atoms with Gasteiger partial charge in [-0.3, -0.25) is 4.99 Å². The highest BCUT2D eigenvalue weighted by Crippen LogP contribution is 2.19. The molecule has 4 nitrogen and oxygen atoms in total. The summed E-state index contributed by atoms with van der Waals surface area (Å²) in [5.74, 6) is 0.930. The number of likely N-dealkylation sites (N-methyl/N-ethyl adjacent to an activating group) is 1. The summed E-state index contributed by atoms with van der Waals surface area (Å²) >= 11 is 5.99. The summed E-state index contributed by atoms with van der Waals surface area (Å²) < 4.78 is 5.49. The Morgan fingerprint density at radius 1 is 1.53 bits per heavy atom. The normalized spacial score (nSPS) is 15.7. The molecule has 0 aromatic heterocycles. The monoisotopic (exact) mass is 395 g/mol. The van der Waals surface area contributed by atoms with E-state index in [-0.39, 0.29) is 30.1 Å². The molecule has 0 saturated heterocycles. The van der Waals surface area contributed by atoms with E-state index in [0.29, 0.717) is 6.54 Å². The lowest BCUT2D eigenvalue weighted by atomic mass is 10.1. The van der Waals surface area contributed by atoms with Crippen molar-refractivity contribution < 1.29 is 4.74 Å². The summed E-state index contributed by atoms with van der Waals surface area (Å²) in [6, 6.07) is 7.74. The van der Waals surface area contributed by atoms with E-state index in [1.54, 1.807) is 7.11 Å². The molecule has 6 heteroatoms. The first-order chi connectivity index (χ1) is 8.70. The lowest BCUT2D eigenvalue weighted by Crippen LogP contribution is -2.38. The van der Waals surface area contributed by atoms with E-state index in [1.165, 1.54) is 0 Å². The molecule has 0 aliphatic carbocycles. The second-order valence-electron chi connectivity index (χ2n) is 4.29. The number of ether oxygens (including phenoxy) is 1. The van der Waals surface area contributed by atoms with Crippen LogP contribution < -0.4 is 5.32 Å². The van der Waals surface area contributed by atoms with Crippen LogP contribution >= 0.6 is 35.6 Å². The Labute approximate surface area is 136 Å². The first-order valence-electron chi connectivity index (χ1n) is 5.98. The predicted molar refractivity (Wildman–Crippen MR) is 89.6 cm³/mol. The minimum absolute atomic E-state index is 0. The summed E-state index contributed by atoms with van der Waals surface area (Å²) in [5.41, 5.74) is 1.07. The number of guanidine groups is 1. The molecule has 1 heterocycles. The van der Waals surface area contributed by atoms with Crippen LogP contribution in [0, 0.1) is 0 Å². The molecular formula is C13H19ClIN3O. The van der Waals surface area contributed by atoms with Crippen LogP contribution in [0.1, 0.15) is 11.7 Å². The van der Waals surface area contributed by atoms with E-state index in [2.05, 4.69) is 15.2 Å². The number of hydrogen-bond donors (Lipinski definition) is 1. The van der Waals surface area contributed by atoms with Crippen LogP contribution in [0.2, 0.25) is 5.02 Å². The molecular weight excluding hydrogens is 377 g/mol. The van der Waals surface area contributed by atoms with Gasteiger partial charge in [-0.15, -0.1) is 24.0 Å². The van der Waals surface area contributed by atoms with Gasteiger partial charge in [0.05, 0.1) is 12.6 Å². The summed E-state index contributed by atoms with van der Waals surface area (Å²) in [4.78, 5) is 6.49. The van der Waals surface area contributed by atoms with E-state index in [0.717, 1.165) is 29.6 Å². The molecule has 2 rings (SSSR count). The zero-order chi connectivity index (χ0) is 13.0. The Morgan fingerprint density at radius 3 is 2.89 bits per heavy atom. The molecule has 0 saturated carbocycles. The molecule has 0 radical (unpaired) electrons. The molecule has 1 N–H and O–H groups in total. The summed E-state index contributed by atoms with van der Waals surface area (Å²) in [7, 11) is 3.73. The van der Waals surface area contributed by atoms with E-state index in [9.17, 15) is 0 Å². The van der Waals surface area contributed by atoms with Gasteiger partial charge in [0, 0.05) is 32.3 Å². The van der Waals surface area contributed by atoms with Crippen LogP contribution in [0.25, 0.3) is 0 Å². The van der Waals surface area contributed by atoms with Gasteiger partial charge in [-0.1, -0.05) is 23.7 Å². The van der Waals surface area contributed by atoms with Crippen LogP contribution in [0.5, 0.6) is 0 Å². The van der Waals surface area contributed by atoms with Crippen molar-refractivity contribution in [1.29, 1.82) is 0 Å². The zero-order valence-corrected chi connectivity index (χ0v) is 14.2. The third-order valence-corrected chi connectivity index (χ3v) is 3.24. The van der Waals surface area contributed by atoms with E-state index in [4.69, 9.17) is 16.3 Å². The van der Waals surface area contributed by atoms with E-state index in [1.807, 2.05) is 31.3 Å². The third kappa shape index (κ3) is 4.50. The summed E-state index contributed by atoms with van der Waals surface area (Å²) in [5, 5.41) is 4.03. The standard InChI is InChI=1S/C13H18ClN3O.HI/c1-17-7-6-15-13(17)16-9-12(18-2)10-4-3-5-11(14)8-10;/h3-5,8,12H,6-7,9H2,1-2H3,(H,15,16);1H. The highest BCUT2D eigenvalue weighted by molar-refractivity contribution is 14.0. The average molecular weight is 396 g/mol. The Bertz CT molecular complexity index is 442. The largest absolute Gasteiger partial charge is 0.375 e. The first kappa shape index (κ1) is 16.5. The fraction of sp³-hybridized carbons (Fsp3) is 0.462. The topological polar surface area (TPSA) is 36.9 Å². The van der Waals surface area contributed by atoms with Gasteiger partial charge in [-0.2, -0.15) is 0 Å². The van der Waals surface area contributed by atoms with Crippen LogP contribution in [-0.2, 0) is 4.74 Å². The highest BCUT2D eigenvalue weighted by atomic mass is 127. The number of rotatable bonds is 4. The Balaban J connectivity index is 0.00000180. The summed E-state index contributed by atoms with van der Waals surface area (Å²) in [6.07, 6.45) is -0.0274. The lowest BCUT2D eigenvalue weighted by molar-refractivity contribution is 0.106. The van der Waals surface area contributed by atoms with Gasteiger partial charge in [0.15, 0.2) is 5.96 Å². The molecule has 0 spiro atoms. The third-order valence-electron chi connectivity index (χ3n) is 3.01. The molecule has 106 valence electrons. The first-order valence-corrected chi connectivity index (χ1v) is 6.36. The molecule has 1 aliphatic rings. The maximum Gasteiger partial charge on any atom is 0.193 e. The fourth-order valence-corrected chi connectivity index (χ4v) is 2.15. The number of hydrogen-bond acceptors (Lipinski definition) is 4. The quantitative estimate of drug-likeness (QED) is 0.796. The van der Waals surface area contributed by atoms with Gasteiger partial charge < -0.3 is 15.0 Å². The minimum atomic E-state index is -0.0274. The van der Waals surface area contributed by atoms with Gasteiger partial charge in [-0.25, -0.2) is 0 Å². The molecule has 1 atom stereocenters. The van der Waals surface area contributed by atoms with Crippen LogP contribution in [0.4, 0.5) is 0 Å². The van der Waals surface area contributed by atoms with Crippen molar-refractivity contribution in [3.8, 4) is 0 Å². The predicted octanol–water partition coefficient (Wildman–Crippen LogP) is 2.54. The van der Waals surface area contributed by atoms with E-state index < -0.39 is 0 Å². The number of halogens is 2. The van der Waals surface area contributed by atoms with Crippen molar-refractivity contribution in [3.63, 3.8) is 0 Å². The van der Waals surface area contributed by atoms with Crippen molar-refractivity contribution in [2.45, 2.75) is 6.10 Å². The highest BCUT2D eigenvalue weighted by Gasteiger charge is 2.15. The molecule has 19 heavy (non-hydrogen) atoms. The molecule has 1 aromatic rings. The van der Waals surface area contributed by atoms with Crippen molar-refractivity contribution in [1.82, 2.24) is 10.2 Å². The SMILES string of the molecule is COC(CNC1=NCCN1C)c1cccc(Cl)c1.I. The second kappa shape index (κ2) is 7.91. The Morgan fingerprint density at radius 2 is 2.32 bits per heavy atom. The fourth-order valence-electron chi connectivity index (χ4n) is 1.95. The van der Waals surface area contributed by atoms with Crippen LogP contribution in [0.3, 0.4) is 0 Å². The second-order valence-corrected chi connectivity index (χ2v) is 4.72. The number of methoxy groups -OCH3 is 1. The van der Waals surface area contributed by atoms with E-state index >= 15 is 0 Å². The average Bonchev–Trinajstić information content (AvgIpc) is 2.76. The van der Waals surface area contributed by atoms with Gasteiger partial charge in [0.1, 0.15) is 0 Å². The Hall–Kier alpha value is -0.530. The molecule has 1 unspecified atom stereocenters. The zero-order valence-electron chi connectivity index (χ0n) is 11.1. The molecule has 0 amide bonds. The molecule has 1 aromatic carbocycles. The van der Waals surface area contributed by atoms with Crippen LogP contribution in [-0.4, -0.2) is 44.7 Å². The number of nitrogens with one attached hydrogen (secondary N) is 1. The van der Waals surface area contributed by atoms with Crippen molar-refractivity contribution in [2.24, 2.45) is 4.99 Å². The van der Waals surface area contributed by atoms with Crippen molar-refractivity contribution >= 4 is 41.5 Å². The van der Waals surface area contributed by atoms with Gasteiger partial charge in [0.2, 0.25) is 0 Å². The van der Waals surface area contributed by atoms with Gasteiger partial charge in [-0.05, 0) is 17.7 Å². The minimum Gasteiger partial charge on any atom is -0.375 e.